The predicted octanol–water partition coefficient (Wildman–Crippen LogP) is 3.46. The number of aliphatic carboxylic acids is 1. The first kappa shape index (κ1) is 14.8. The lowest BCUT2D eigenvalue weighted by atomic mass is 9.96. The summed E-state index contributed by atoms with van der Waals surface area (Å²) in [7, 11) is 0. The summed E-state index contributed by atoms with van der Waals surface area (Å²) in [5.41, 5.74) is -2.30. The van der Waals surface area contributed by atoms with E-state index >= 15 is 0 Å². The van der Waals surface area contributed by atoms with E-state index in [-0.39, 0.29) is 4.71 Å². The lowest BCUT2D eigenvalue weighted by Gasteiger charge is -2.08. The van der Waals surface area contributed by atoms with E-state index in [0.717, 1.165) is 11.8 Å². The highest BCUT2D eigenvalue weighted by atomic mass is 35.5. The van der Waals surface area contributed by atoms with E-state index in [1.807, 2.05) is 0 Å². The van der Waals surface area contributed by atoms with Gasteiger partial charge in [-0.05, 0) is 5.41 Å². The van der Waals surface area contributed by atoms with E-state index in [1.165, 1.54) is 6.08 Å². The van der Waals surface area contributed by atoms with Gasteiger partial charge in [0.2, 0.25) is 0 Å². The molecule has 0 bridgehead atoms. The number of thioether (sulfide) groups is 1. The first-order chi connectivity index (χ1) is 7.75. The Kier molecular flexibility index (Phi) is 4.14. The third kappa shape index (κ3) is 2.32. The molecule has 2 nitrogen and oxygen atoms in total. The Morgan fingerprint density at radius 1 is 1.65 bits per heavy atom. The van der Waals surface area contributed by atoms with Gasteiger partial charge in [-0.3, -0.25) is 9.18 Å². The number of carbonyl (C=O) groups is 1. The summed E-state index contributed by atoms with van der Waals surface area (Å²) >= 11 is 6.27. The molecule has 1 saturated heterocycles. The number of hydrogen-bond acceptors (Lipinski definition) is 2. The molecular weight excluding hydrogens is 270 g/mol. The van der Waals surface area contributed by atoms with Crippen LogP contribution in [0, 0.1) is 16.7 Å². The molecule has 1 heterocycles. The smallest absolute Gasteiger partial charge is 0.314 e. The molecule has 17 heavy (non-hydrogen) atoms. The third-order valence-electron chi connectivity index (χ3n) is 3.62. The van der Waals surface area contributed by atoms with Gasteiger partial charge in [0.1, 0.15) is 4.71 Å². The molecule has 2 fully saturated rings. The van der Waals surface area contributed by atoms with Crippen molar-refractivity contribution in [3.8, 4) is 0 Å². The van der Waals surface area contributed by atoms with Crippen molar-refractivity contribution in [1.82, 2.24) is 0 Å². The van der Waals surface area contributed by atoms with E-state index in [9.17, 15) is 13.6 Å². The van der Waals surface area contributed by atoms with E-state index in [1.54, 1.807) is 13.8 Å². The van der Waals surface area contributed by atoms with Gasteiger partial charge in [0, 0.05) is 5.92 Å². The number of rotatable bonds is 3. The predicted molar refractivity (Wildman–Crippen MR) is 65.6 cm³/mol. The number of carboxylic acids is 1. The molecule has 0 aromatic rings. The summed E-state index contributed by atoms with van der Waals surface area (Å²) in [4.78, 5) is 10.9. The second kappa shape index (κ2) is 4.76. The number of hydrogen-bond donors (Lipinski definition) is 1. The Morgan fingerprint density at radius 2 is 2.06 bits per heavy atom. The molecule has 0 aromatic heterocycles. The Hall–Kier alpha value is -0.290. The highest BCUT2D eigenvalue weighted by Gasteiger charge is 2.74. The van der Waals surface area contributed by atoms with Crippen molar-refractivity contribution in [3.05, 3.63) is 12.7 Å². The SMILES string of the molecule is C=CC1(C(=O)O)C(CF)C1(C)C.FC1SC1Cl. The standard InChI is InChI=1S/C9H13FO2.C2H2ClFS/c1-4-9(7(11)12)6(5-10)8(9,2)3;3-1-2(4)5-1/h4,6H,1,5H2,2-3H3,(H,11,12);1-2H. The van der Waals surface area contributed by atoms with Crippen LogP contribution in [-0.2, 0) is 4.79 Å². The fourth-order valence-corrected chi connectivity index (χ4v) is 2.67. The fraction of sp³-hybridized carbons (Fsp3) is 0.727. The minimum atomic E-state index is -1.04. The van der Waals surface area contributed by atoms with Crippen LogP contribution in [0.5, 0.6) is 0 Å². The van der Waals surface area contributed by atoms with Crippen molar-refractivity contribution in [3.63, 3.8) is 0 Å². The van der Waals surface area contributed by atoms with Crippen LogP contribution in [0.4, 0.5) is 8.78 Å². The molecule has 6 heteroatoms. The van der Waals surface area contributed by atoms with Gasteiger partial charge in [-0.25, -0.2) is 4.39 Å². The Morgan fingerprint density at radius 3 is 2.12 bits per heavy atom. The van der Waals surface area contributed by atoms with Gasteiger partial charge >= 0.3 is 5.97 Å². The maximum atomic E-state index is 12.4. The summed E-state index contributed by atoms with van der Waals surface area (Å²) in [6, 6.07) is 0. The summed E-state index contributed by atoms with van der Waals surface area (Å²) in [5.74, 6) is -1.38. The zero-order valence-electron chi connectivity index (χ0n) is 9.62. The van der Waals surface area contributed by atoms with Crippen LogP contribution >= 0.6 is 23.4 Å². The van der Waals surface area contributed by atoms with Crippen molar-refractivity contribution in [1.29, 1.82) is 0 Å². The molecule has 0 aromatic carbocycles. The summed E-state index contributed by atoms with van der Waals surface area (Å²) in [6.45, 7) is 6.38. The van der Waals surface area contributed by atoms with Crippen molar-refractivity contribution in [2.75, 3.05) is 6.67 Å². The van der Waals surface area contributed by atoms with Gasteiger partial charge in [0.15, 0.2) is 5.50 Å². The van der Waals surface area contributed by atoms with Crippen LogP contribution in [0.25, 0.3) is 0 Å². The molecule has 1 N–H and O–H groups in total. The second-order valence-electron chi connectivity index (χ2n) is 4.65. The second-order valence-corrected chi connectivity index (χ2v) is 6.60. The van der Waals surface area contributed by atoms with Crippen molar-refractivity contribution in [2.24, 2.45) is 16.7 Å². The quantitative estimate of drug-likeness (QED) is 0.490. The molecule has 1 saturated carbocycles. The minimum absolute atomic E-state index is 0.227. The van der Waals surface area contributed by atoms with E-state index in [2.05, 4.69) is 6.58 Å². The van der Waals surface area contributed by atoms with Gasteiger partial charge in [-0.1, -0.05) is 31.7 Å². The Balaban J connectivity index is 0.000000239. The largest absolute Gasteiger partial charge is 0.481 e. The number of alkyl halides is 3. The molecule has 2 rings (SSSR count). The average molecular weight is 285 g/mol. The van der Waals surface area contributed by atoms with Crippen LogP contribution in [0.15, 0.2) is 12.7 Å². The number of halogens is 3. The Labute approximate surface area is 108 Å². The van der Waals surface area contributed by atoms with Crippen molar-refractivity contribution in [2.45, 2.75) is 24.1 Å². The van der Waals surface area contributed by atoms with Crippen molar-refractivity contribution >= 4 is 29.3 Å². The molecule has 1 aliphatic carbocycles. The van der Waals surface area contributed by atoms with Gasteiger partial charge < -0.3 is 5.11 Å². The van der Waals surface area contributed by atoms with Gasteiger partial charge in [0.05, 0.1) is 12.1 Å². The molecule has 98 valence electrons. The molecule has 0 radical (unpaired) electrons. The van der Waals surface area contributed by atoms with Crippen LogP contribution in [0.1, 0.15) is 13.8 Å². The topological polar surface area (TPSA) is 37.3 Å². The summed E-state index contributed by atoms with van der Waals surface area (Å²) in [6.07, 6.45) is 1.36. The fourth-order valence-electron chi connectivity index (χ4n) is 2.22. The molecule has 0 amide bonds. The summed E-state index contributed by atoms with van der Waals surface area (Å²) < 4.78 is 23.5. The van der Waals surface area contributed by atoms with Crippen LogP contribution < -0.4 is 0 Å². The number of carboxylic acid groups (broad SMARTS) is 1. The molecule has 4 atom stereocenters. The van der Waals surface area contributed by atoms with E-state index < -0.39 is 34.9 Å². The average Bonchev–Trinajstić information content (AvgIpc) is 3.02. The van der Waals surface area contributed by atoms with Gasteiger partial charge in [-0.2, -0.15) is 0 Å². The molecule has 4 unspecified atom stereocenters. The van der Waals surface area contributed by atoms with Crippen LogP contribution in [0.3, 0.4) is 0 Å². The molecule has 2 aliphatic rings. The molecular formula is C11H15ClF2O2S. The first-order valence-corrected chi connectivity index (χ1v) is 6.50. The first-order valence-electron chi connectivity index (χ1n) is 5.12. The third-order valence-corrected chi connectivity index (χ3v) is 5.02. The van der Waals surface area contributed by atoms with Crippen molar-refractivity contribution < 1.29 is 18.7 Å². The monoisotopic (exact) mass is 284 g/mol. The Bertz CT molecular complexity index is 331. The van der Waals surface area contributed by atoms with E-state index in [4.69, 9.17) is 16.7 Å². The highest BCUT2D eigenvalue weighted by Crippen LogP contribution is 2.69. The van der Waals surface area contributed by atoms with Gasteiger partial charge in [0.25, 0.3) is 0 Å². The van der Waals surface area contributed by atoms with Gasteiger partial charge in [-0.15, -0.1) is 18.2 Å². The molecule has 0 spiro atoms. The lowest BCUT2D eigenvalue weighted by molar-refractivity contribution is -0.143. The maximum absolute atomic E-state index is 12.4. The lowest BCUT2D eigenvalue weighted by Crippen LogP contribution is -2.18. The summed E-state index contributed by atoms with van der Waals surface area (Å²) in [5, 5.41) is 8.90. The maximum Gasteiger partial charge on any atom is 0.314 e. The highest BCUT2D eigenvalue weighted by molar-refractivity contribution is 8.08. The zero-order chi connectivity index (χ0) is 13.4. The van der Waals surface area contributed by atoms with E-state index in [0.29, 0.717) is 0 Å². The zero-order valence-corrected chi connectivity index (χ0v) is 11.2. The van der Waals surface area contributed by atoms with Crippen LogP contribution in [0.2, 0.25) is 0 Å². The molecule has 1 aliphatic heterocycles. The minimum Gasteiger partial charge on any atom is -0.481 e. The normalized spacial score (nSPS) is 40.9. The van der Waals surface area contributed by atoms with Crippen LogP contribution in [-0.4, -0.2) is 28.0 Å².